The van der Waals surface area contributed by atoms with Gasteiger partial charge >= 0.3 is 0 Å². The summed E-state index contributed by atoms with van der Waals surface area (Å²) in [4.78, 5) is 16.8. The van der Waals surface area contributed by atoms with Gasteiger partial charge in [0.25, 0.3) is 0 Å². The Morgan fingerprint density at radius 3 is 2.54 bits per heavy atom. The van der Waals surface area contributed by atoms with Crippen LogP contribution in [-0.4, -0.2) is 50.2 Å². The molecule has 2 aromatic rings. The van der Waals surface area contributed by atoms with E-state index in [2.05, 4.69) is 29.2 Å². The molecule has 0 atom stereocenters. The Bertz CT molecular complexity index is 829. The van der Waals surface area contributed by atoms with E-state index in [0.29, 0.717) is 26.3 Å². The van der Waals surface area contributed by atoms with Gasteiger partial charge in [-0.1, -0.05) is 42.5 Å². The van der Waals surface area contributed by atoms with E-state index in [-0.39, 0.29) is 5.91 Å². The van der Waals surface area contributed by atoms with Gasteiger partial charge in [0.2, 0.25) is 5.91 Å². The number of amides is 1. The van der Waals surface area contributed by atoms with Crippen molar-refractivity contribution in [3.8, 4) is 11.5 Å². The normalized spacial score (nSPS) is 15.8. The highest BCUT2D eigenvalue weighted by Gasteiger charge is 2.21. The number of ether oxygens (including phenoxy) is 2. The molecular weight excluding hydrogens is 352 g/mol. The molecule has 2 aliphatic rings. The van der Waals surface area contributed by atoms with Crippen LogP contribution in [0.3, 0.4) is 0 Å². The molecule has 2 aromatic carbocycles. The van der Waals surface area contributed by atoms with Gasteiger partial charge in [-0.05, 0) is 30.5 Å². The average molecular weight is 378 g/mol. The van der Waals surface area contributed by atoms with Crippen molar-refractivity contribution >= 4 is 17.7 Å². The summed E-state index contributed by atoms with van der Waals surface area (Å²) in [5.74, 6) is 1.69. The van der Waals surface area contributed by atoms with Crippen LogP contribution in [-0.2, 0) is 4.79 Å². The van der Waals surface area contributed by atoms with E-state index in [0.717, 1.165) is 48.7 Å². The molecule has 4 rings (SSSR count). The van der Waals surface area contributed by atoms with Gasteiger partial charge in [-0.3, -0.25) is 4.79 Å². The lowest BCUT2D eigenvalue weighted by Crippen LogP contribution is -2.39. The van der Waals surface area contributed by atoms with E-state index in [1.807, 2.05) is 41.3 Å². The number of hydrogen-bond acceptors (Lipinski definition) is 4. The van der Waals surface area contributed by atoms with Crippen molar-refractivity contribution in [1.82, 2.24) is 4.90 Å². The minimum absolute atomic E-state index is 0.181. The molecule has 0 aliphatic carbocycles. The predicted octanol–water partition coefficient (Wildman–Crippen LogP) is 3.60. The van der Waals surface area contributed by atoms with Crippen molar-refractivity contribution in [3.63, 3.8) is 0 Å². The summed E-state index contributed by atoms with van der Waals surface area (Å²) in [5, 5.41) is 0. The quantitative estimate of drug-likeness (QED) is 0.770. The first-order valence-corrected chi connectivity index (χ1v) is 9.93. The van der Waals surface area contributed by atoms with E-state index >= 15 is 0 Å². The second kappa shape index (κ2) is 8.83. The summed E-state index contributed by atoms with van der Waals surface area (Å²) < 4.78 is 11.4. The lowest BCUT2D eigenvalue weighted by atomic mass is 10.2. The fourth-order valence-corrected chi connectivity index (χ4v) is 3.60. The van der Waals surface area contributed by atoms with Gasteiger partial charge in [-0.25, -0.2) is 0 Å². The Labute approximate surface area is 166 Å². The van der Waals surface area contributed by atoms with Crippen LogP contribution in [0, 0.1) is 0 Å². The number of likely N-dealkylation sites (tertiary alicyclic amines) is 1. The van der Waals surface area contributed by atoms with E-state index in [4.69, 9.17) is 9.47 Å². The summed E-state index contributed by atoms with van der Waals surface area (Å²) in [6.07, 6.45) is 6.39. The van der Waals surface area contributed by atoms with Crippen LogP contribution in [0.2, 0.25) is 0 Å². The van der Waals surface area contributed by atoms with Crippen molar-refractivity contribution in [2.24, 2.45) is 0 Å². The molecule has 1 amide bonds. The molecule has 5 nitrogen and oxygen atoms in total. The molecule has 0 N–H and O–H groups in total. The van der Waals surface area contributed by atoms with Gasteiger partial charge in [0.05, 0.1) is 6.54 Å². The minimum Gasteiger partial charge on any atom is -0.486 e. The molecule has 2 heterocycles. The van der Waals surface area contributed by atoms with Gasteiger partial charge in [0.15, 0.2) is 11.5 Å². The number of hydrogen-bond donors (Lipinski definition) is 0. The zero-order valence-corrected chi connectivity index (χ0v) is 16.0. The van der Waals surface area contributed by atoms with Crippen molar-refractivity contribution in [3.05, 3.63) is 60.2 Å². The highest BCUT2D eigenvalue weighted by Crippen LogP contribution is 2.34. The van der Waals surface area contributed by atoms with Gasteiger partial charge in [-0.2, -0.15) is 0 Å². The van der Waals surface area contributed by atoms with Crippen LogP contribution < -0.4 is 14.4 Å². The fourth-order valence-electron chi connectivity index (χ4n) is 3.60. The number of anilines is 1. The lowest BCUT2D eigenvalue weighted by molar-refractivity contribution is -0.128. The second-order valence-electron chi connectivity index (χ2n) is 7.11. The molecule has 0 saturated carbocycles. The van der Waals surface area contributed by atoms with Crippen molar-refractivity contribution in [1.29, 1.82) is 0 Å². The number of carbonyl (C=O) groups excluding carboxylic acids is 1. The van der Waals surface area contributed by atoms with Gasteiger partial charge in [-0.15, -0.1) is 0 Å². The maximum Gasteiger partial charge on any atom is 0.242 e. The molecule has 0 unspecified atom stereocenters. The Balaban J connectivity index is 1.52. The lowest BCUT2D eigenvalue weighted by Gasteiger charge is -2.27. The number of carbonyl (C=O) groups is 1. The predicted molar refractivity (Wildman–Crippen MR) is 111 cm³/mol. The molecule has 1 saturated heterocycles. The topological polar surface area (TPSA) is 42.0 Å². The van der Waals surface area contributed by atoms with Crippen molar-refractivity contribution in [2.75, 3.05) is 44.3 Å². The summed E-state index contributed by atoms with van der Waals surface area (Å²) in [6.45, 7) is 3.87. The van der Waals surface area contributed by atoms with Crippen LogP contribution in [0.25, 0.3) is 6.08 Å². The molecule has 0 bridgehead atoms. The monoisotopic (exact) mass is 378 g/mol. The molecule has 0 spiro atoms. The van der Waals surface area contributed by atoms with Crippen LogP contribution in [0.15, 0.2) is 54.6 Å². The molecule has 28 heavy (non-hydrogen) atoms. The third-order valence-electron chi connectivity index (χ3n) is 5.11. The molecule has 5 heteroatoms. The first-order chi connectivity index (χ1) is 13.8. The zero-order chi connectivity index (χ0) is 19.2. The number of fused-ring (bicyclic) bond motifs is 1. The van der Waals surface area contributed by atoms with Crippen molar-refractivity contribution in [2.45, 2.75) is 12.8 Å². The molecule has 2 aliphatic heterocycles. The molecule has 1 fully saturated rings. The highest BCUT2D eigenvalue weighted by molar-refractivity contribution is 5.82. The summed E-state index contributed by atoms with van der Waals surface area (Å²) in [6, 6.07) is 16.1. The van der Waals surface area contributed by atoms with E-state index in [1.165, 1.54) is 0 Å². The SMILES string of the molecule is O=C(CN(C/C=C/c1ccccc1)c1ccc2c(c1)OCCO2)N1CCCC1. The first kappa shape index (κ1) is 18.4. The Kier molecular flexibility index (Phi) is 5.80. The van der Waals surface area contributed by atoms with Gasteiger partial charge in [0.1, 0.15) is 13.2 Å². The maximum atomic E-state index is 12.8. The Hall–Kier alpha value is -2.95. The van der Waals surface area contributed by atoms with Crippen LogP contribution in [0.1, 0.15) is 18.4 Å². The maximum absolute atomic E-state index is 12.8. The van der Waals surface area contributed by atoms with E-state index in [1.54, 1.807) is 0 Å². The zero-order valence-electron chi connectivity index (χ0n) is 16.0. The number of rotatable bonds is 6. The summed E-state index contributed by atoms with van der Waals surface area (Å²) in [5.41, 5.74) is 2.12. The number of benzene rings is 2. The standard InChI is InChI=1S/C23H26N2O3/c26-23(24-12-4-5-13-24)18-25(14-6-9-19-7-2-1-3-8-19)20-10-11-21-22(17-20)28-16-15-27-21/h1-3,6-11,17H,4-5,12-16,18H2/b9-6+. The van der Waals surface area contributed by atoms with Gasteiger partial charge < -0.3 is 19.3 Å². The van der Waals surface area contributed by atoms with E-state index in [9.17, 15) is 4.79 Å². The highest BCUT2D eigenvalue weighted by atomic mass is 16.6. The summed E-state index contributed by atoms with van der Waals surface area (Å²) in [7, 11) is 0. The minimum atomic E-state index is 0.181. The largest absolute Gasteiger partial charge is 0.486 e. The third-order valence-corrected chi connectivity index (χ3v) is 5.11. The third kappa shape index (κ3) is 4.47. The molecule has 146 valence electrons. The van der Waals surface area contributed by atoms with Crippen LogP contribution in [0.4, 0.5) is 5.69 Å². The van der Waals surface area contributed by atoms with Crippen LogP contribution >= 0.6 is 0 Å². The smallest absolute Gasteiger partial charge is 0.242 e. The van der Waals surface area contributed by atoms with Gasteiger partial charge in [0, 0.05) is 31.4 Å². The van der Waals surface area contributed by atoms with Crippen molar-refractivity contribution < 1.29 is 14.3 Å². The molecular formula is C23H26N2O3. The first-order valence-electron chi connectivity index (χ1n) is 9.93. The fraction of sp³-hybridized carbons (Fsp3) is 0.348. The molecule has 0 aromatic heterocycles. The second-order valence-corrected chi connectivity index (χ2v) is 7.11. The number of nitrogens with zero attached hydrogens (tertiary/aromatic N) is 2. The van der Waals surface area contributed by atoms with Crippen LogP contribution in [0.5, 0.6) is 11.5 Å². The molecule has 0 radical (unpaired) electrons. The Morgan fingerprint density at radius 1 is 1.00 bits per heavy atom. The summed E-state index contributed by atoms with van der Waals surface area (Å²) >= 11 is 0. The average Bonchev–Trinajstić information content (AvgIpc) is 3.28. The van der Waals surface area contributed by atoms with E-state index < -0.39 is 0 Å². The Morgan fingerprint density at radius 2 is 1.75 bits per heavy atom.